The molecule has 0 aliphatic heterocycles. The molecule has 0 aliphatic rings. The van der Waals surface area contributed by atoms with Crippen molar-refractivity contribution in [3.63, 3.8) is 0 Å². The van der Waals surface area contributed by atoms with Crippen molar-refractivity contribution in [1.82, 2.24) is 21.3 Å². The number of unbranched alkanes of at least 4 members (excludes halogenated alkanes) is 14. The molecule has 64 heavy (non-hydrogen) atoms. The molecule has 0 aromatic rings. The van der Waals surface area contributed by atoms with Crippen LogP contribution < -0.4 is 27.0 Å². The molecule has 1 atom stereocenters. The number of carboxylic acid groups (broad SMARTS) is 2. The fourth-order valence-corrected chi connectivity index (χ4v) is 5.96. The van der Waals surface area contributed by atoms with Crippen molar-refractivity contribution in [2.45, 2.75) is 162 Å². The maximum atomic E-state index is 11.9. The van der Waals surface area contributed by atoms with Gasteiger partial charge in [-0.2, -0.15) is 0 Å². The molecule has 376 valence electrons. The number of carbonyl (C=O) groups is 7. The lowest BCUT2D eigenvalue weighted by Crippen LogP contribution is -2.39. The summed E-state index contributed by atoms with van der Waals surface area (Å²) in [6.07, 6.45) is 21.1. The van der Waals surface area contributed by atoms with Crippen molar-refractivity contribution in [1.29, 1.82) is 0 Å². The number of carbonyl (C=O) groups excluding carboxylic acids is 5. The predicted octanol–water partition coefficient (Wildman–Crippen LogP) is 4.73. The summed E-state index contributed by atoms with van der Waals surface area (Å²) < 4.78 is 20.7. The van der Waals surface area contributed by atoms with Gasteiger partial charge in [0.05, 0.1) is 45.7 Å². The molecule has 0 bridgehead atoms. The number of hydrogen-bond acceptors (Lipinski definition) is 13. The van der Waals surface area contributed by atoms with Crippen LogP contribution in [-0.2, 0) is 52.5 Å². The van der Waals surface area contributed by atoms with Crippen molar-refractivity contribution < 1.29 is 62.7 Å². The first-order valence-electron chi connectivity index (χ1n) is 23.6. The molecule has 0 saturated heterocycles. The van der Waals surface area contributed by atoms with Gasteiger partial charge in [-0.3, -0.25) is 28.8 Å². The van der Waals surface area contributed by atoms with Crippen LogP contribution in [0, 0.1) is 5.41 Å². The third-order valence-electron chi connectivity index (χ3n) is 9.52. The number of likely N-dealkylation sites (N-methyl/N-ethyl adjacent to an activating group) is 1. The maximum absolute atomic E-state index is 11.9. The topological polar surface area (TPSA) is 271 Å². The Morgan fingerprint density at radius 2 is 0.969 bits per heavy atom. The normalized spacial score (nSPS) is 11.3. The molecule has 0 aliphatic carbocycles. The molecular weight excluding hydrogens is 831 g/mol. The molecule has 0 radical (unpaired) electrons. The Hall–Kier alpha value is -3.55. The standard InChI is InChI=1S/C28H52N2O7.C17H35N3O4.CH2O2/c31-21-23-37-25-24-36-22-20-30-27(33)17-15-19-29-26(32)16-13-11-9-7-5-3-1-2-4-6-8-10-12-14-18-28(34)35;1-17(2,3)16(22)14(18)7-5-6-8-20-15(21)13-24-12-11-23-10-9-19-4;2-1-3/h21H,1-20,22-25H2,(H,29,32)(H,30,33)(H,34,35);14,19H,5-13,18H2,1-4H3,(H,20,21);1H,(H,2,3). The number of aldehydes is 1. The third kappa shape index (κ3) is 54.6. The molecule has 3 amide bonds. The fraction of sp³-hybridized carbons (Fsp3) is 0.848. The van der Waals surface area contributed by atoms with E-state index in [1.165, 1.54) is 57.8 Å². The fourth-order valence-electron chi connectivity index (χ4n) is 5.96. The second kappa shape index (κ2) is 50.4. The summed E-state index contributed by atoms with van der Waals surface area (Å²) >= 11 is 0. The molecule has 0 rings (SSSR count). The molecular formula is C46H89N5O13. The van der Waals surface area contributed by atoms with Crippen molar-refractivity contribution in [3.8, 4) is 0 Å². The zero-order valence-electron chi connectivity index (χ0n) is 40.0. The first kappa shape index (κ1) is 64.7. The largest absolute Gasteiger partial charge is 0.483 e. The van der Waals surface area contributed by atoms with E-state index in [1.807, 2.05) is 27.8 Å². The van der Waals surface area contributed by atoms with E-state index in [9.17, 15) is 28.8 Å². The van der Waals surface area contributed by atoms with Gasteiger partial charge < -0.3 is 61.0 Å². The van der Waals surface area contributed by atoms with E-state index >= 15 is 0 Å². The number of hydrogen-bond donors (Lipinski definition) is 7. The zero-order valence-corrected chi connectivity index (χ0v) is 40.0. The highest BCUT2D eigenvalue weighted by Gasteiger charge is 2.26. The van der Waals surface area contributed by atoms with Gasteiger partial charge in [0.15, 0.2) is 5.78 Å². The van der Waals surface area contributed by atoms with Crippen LogP contribution in [0.25, 0.3) is 0 Å². The Balaban J connectivity index is -0.00000118. The lowest BCUT2D eigenvalue weighted by atomic mass is 9.85. The number of rotatable bonds is 43. The maximum Gasteiger partial charge on any atom is 0.303 e. The number of ether oxygens (including phenoxy) is 4. The summed E-state index contributed by atoms with van der Waals surface area (Å²) in [7, 11) is 1.86. The first-order valence-corrected chi connectivity index (χ1v) is 23.6. The number of amides is 3. The Bertz CT molecular complexity index is 1140. The van der Waals surface area contributed by atoms with Crippen LogP contribution in [0.2, 0.25) is 0 Å². The van der Waals surface area contributed by atoms with Gasteiger partial charge in [-0.05, 0) is 45.6 Å². The summed E-state index contributed by atoms with van der Waals surface area (Å²) in [6.45, 7) is 10.4. The highest BCUT2D eigenvalue weighted by Crippen LogP contribution is 2.18. The minimum absolute atomic E-state index is 0.0391. The smallest absolute Gasteiger partial charge is 0.303 e. The number of Topliss-reactive ketones (excluding diaryl/α,β-unsaturated/α-hetero) is 1. The van der Waals surface area contributed by atoms with Crippen LogP contribution in [0.15, 0.2) is 0 Å². The zero-order chi connectivity index (χ0) is 48.4. The minimum atomic E-state index is -0.687. The number of nitrogens with two attached hydrogens (primary N) is 1. The van der Waals surface area contributed by atoms with Gasteiger partial charge in [0.1, 0.15) is 19.5 Å². The van der Waals surface area contributed by atoms with E-state index in [0.29, 0.717) is 97.7 Å². The molecule has 8 N–H and O–H groups in total. The minimum Gasteiger partial charge on any atom is -0.483 e. The van der Waals surface area contributed by atoms with Gasteiger partial charge in [-0.1, -0.05) is 97.8 Å². The summed E-state index contributed by atoms with van der Waals surface area (Å²) in [5, 5.41) is 26.9. The average Bonchev–Trinajstić information content (AvgIpc) is 3.25. The Labute approximate surface area is 384 Å². The number of nitrogens with one attached hydrogen (secondary N) is 4. The van der Waals surface area contributed by atoms with Gasteiger partial charge in [0, 0.05) is 50.9 Å². The van der Waals surface area contributed by atoms with Crippen LogP contribution in [0.1, 0.15) is 156 Å². The summed E-state index contributed by atoms with van der Waals surface area (Å²) in [4.78, 5) is 76.0. The Morgan fingerprint density at radius 1 is 0.547 bits per heavy atom. The monoisotopic (exact) mass is 920 g/mol. The van der Waals surface area contributed by atoms with Crippen LogP contribution >= 0.6 is 0 Å². The SMILES string of the molecule is CNCCOCCOCC(=O)NCCCCC(N)C(=O)C(C)(C)C.O=CCOCCOCCNC(=O)CCCNC(=O)CCCCCCCCCCCCCCCCC(=O)O.O=CO. The van der Waals surface area contributed by atoms with E-state index in [-0.39, 0.29) is 43.2 Å². The quantitative estimate of drug-likeness (QED) is 0.0322. The summed E-state index contributed by atoms with van der Waals surface area (Å²) in [5.74, 6) is -0.739. The van der Waals surface area contributed by atoms with Crippen LogP contribution in [0.3, 0.4) is 0 Å². The molecule has 0 fully saturated rings. The molecule has 18 heteroatoms. The van der Waals surface area contributed by atoms with Crippen LogP contribution in [-0.4, -0.2) is 145 Å². The Kier molecular flexibility index (Phi) is 51.0. The number of carboxylic acids is 1. The van der Waals surface area contributed by atoms with Gasteiger partial charge in [0.25, 0.3) is 6.47 Å². The van der Waals surface area contributed by atoms with E-state index < -0.39 is 17.4 Å². The van der Waals surface area contributed by atoms with Gasteiger partial charge in [-0.25, -0.2) is 0 Å². The van der Waals surface area contributed by atoms with E-state index in [0.717, 1.165) is 51.5 Å². The summed E-state index contributed by atoms with van der Waals surface area (Å²) in [6, 6.07) is -0.424. The lowest BCUT2D eigenvalue weighted by Gasteiger charge is -2.21. The predicted molar refractivity (Wildman–Crippen MR) is 248 cm³/mol. The summed E-state index contributed by atoms with van der Waals surface area (Å²) in [5.41, 5.74) is 5.50. The molecule has 0 heterocycles. The van der Waals surface area contributed by atoms with E-state index in [1.54, 1.807) is 0 Å². The van der Waals surface area contributed by atoms with Crippen molar-refractivity contribution >= 4 is 42.2 Å². The second-order valence-corrected chi connectivity index (χ2v) is 16.4. The van der Waals surface area contributed by atoms with Crippen molar-refractivity contribution in [2.24, 2.45) is 11.1 Å². The van der Waals surface area contributed by atoms with E-state index in [4.69, 9.17) is 39.7 Å². The highest BCUT2D eigenvalue weighted by molar-refractivity contribution is 5.88. The van der Waals surface area contributed by atoms with Gasteiger partial charge in [-0.15, -0.1) is 0 Å². The van der Waals surface area contributed by atoms with Crippen molar-refractivity contribution in [3.05, 3.63) is 0 Å². The molecule has 1 unspecified atom stereocenters. The third-order valence-corrected chi connectivity index (χ3v) is 9.52. The molecule has 0 spiro atoms. The number of ketones is 1. The average molecular weight is 920 g/mol. The second-order valence-electron chi connectivity index (χ2n) is 16.4. The lowest BCUT2D eigenvalue weighted by molar-refractivity contribution is -0.137. The van der Waals surface area contributed by atoms with Gasteiger partial charge in [0.2, 0.25) is 17.7 Å². The van der Waals surface area contributed by atoms with Crippen LogP contribution in [0.4, 0.5) is 0 Å². The number of aliphatic carboxylic acids is 1. The highest BCUT2D eigenvalue weighted by atomic mass is 16.5. The first-order chi connectivity index (χ1) is 30.8. The molecule has 0 aromatic carbocycles. The van der Waals surface area contributed by atoms with Gasteiger partial charge >= 0.3 is 5.97 Å². The van der Waals surface area contributed by atoms with E-state index in [2.05, 4.69) is 21.3 Å². The molecule has 18 nitrogen and oxygen atoms in total. The van der Waals surface area contributed by atoms with Crippen molar-refractivity contribution in [2.75, 3.05) is 86.1 Å². The molecule has 0 aromatic heterocycles. The molecule has 0 saturated carbocycles. The van der Waals surface area contributed by atoms with Crippen LogP contribution in [0.5, 0.6) is 0 Å². The Morgan fingerprint density at radius 3 is 1.47 bits per heavy atom.